The molecule has 2 aromatic rings. The lowest BCUT2D eigenvalue weighted by molar-refractivity contribution is 0.101. The van der Waals surface area contributed by atoms with Crippen LogP contribution >= 0.6 is 11.8 Å². The van der Waals surface area contributed by atoms with Gasteiger partial charge in [0.05, 0.1) is 11.2 Å². The number of hydrogen-bond donors (Lipinski definition) is 2. The monoisotopic (exact) mass is 379 g/mol. The normalized spacial score (nSPS) is 19.8. The maximum atomic E-state index is 14.1. The van der Waals surface area contributed by atoms with E-state index in [-0.39, 0.29) is 5.69 Å². The van der Waals surface area contributed by atoms with Crippen LogP contribution in [0.5, 0.6) is 0 Å². The second kappa shape index (κ2) is 7.03. The fourth-order valence-electron chi connectivity index (χ4n) is 2.75. The maximum Gasteiger partial charge on any atom is 0.261 e. The standard InChI is InChI=1S/C18H16F3N3OS/c1-18(7-8-26-17(22)24-18)10-5-6-11(19)14(9-10)23-16(25)15-12(20)3-2-4-13(15)21/h2-6,9H,7-8H2,1H3,(H2,22,24)(H,23,25). The summed E-state index contributed by atoms with van der Waals surface area (Å²) in [5.41, 5.74) is 4.83. The minimum Gasteiger partial charge on any atom is -0.379 e. The van der Waals surface area contributed by atoms with Crippen molar-refractivity contribution in [1.29, 1.82) is 0 Å². The Bertz CT molecular complexity index is 883. The molecule has 3 rings (SSSR count). The number of benzene rings is 2. The van der Waals surface area contributed by atoms with Gasteiger partial charge in [0, 0.05) is 5.75 Å². The highest BCUT2D eigenvalue weighted by molar-refractivity contribution is 8.13. The van der Waals surface area contributed by atoms with Crippen molar-refractivity contribution < 1.29 is 18.0 Å². The van der Waals surface area contributed by atoms with Crippen molar-refractivity contribution in [2.75, 3.05) is 11.1 Å². The first-order valence-electron chi connectivity index (χ1n) is 7.84. The average molecular weight is 379 g/mol. The van der Waals surface area contributed by atoms with Gasteiger partial charge in [-0.2, -0.15) is 0 Å². The lowest BCUT2D eigenvalue weighted by Crippen LogP contribution is -2.29. The third-order valence-electron chi connectivity index (χ3n) is 4.22. The lowest BCUT2D eigenvalue weighted by Gasteiger charge is -2.30. The predicted molar refractivity (Wildman–Crippen MR) is 96.8 cm³/mol. The third-order valence-corrected chi connectivity index (χ3v) is 5.02. The number of amidine groups is 1. The van der Waals surface area contributed by atoms with Gasteiger partial charge < -0.3 is 11.1 Å². The number of halogens is 3. The summed E-state index contributed by atoms with van der Waals surface area (Å²) in [7, 11) is 0. The number of hydrogen-bond acceptors (Lipinski definition) is 4. The van der Waals surface area contributed by atoms with Crippen LogP contribution in [0, 0.1) is 17.5 Å². The van der Waals surface area contributed by atoms with Crippen LogP contribution in [0.2, 0.25) is 0 Å². The van der Waals surface area contributed by atoms with E-state index in [9.17, 15) is 18.0 Å². The first-order chi connectivity index (χ1) is 12.3. The van der Waals surface area contributed by atoms with Gasteiger partial charge in [0.1, 0.15) is 23.0 Å². The van der Waals surface area contributed by atoms with Gasteiger partial charge in [-0.3, -0.25) is 9.79 Å². The molecule has 1 atom stereocenters. The van der Waals surface area contributed by atoms with Crippen LogP contribution in [0.1, 0.15) is 29.3 Å². The molecule has 2 aromatic carbocycles. The molecule has 0 aromatic heterocycles. The van der Waals surface area contributed by atoms with E-state index in [1.54, 1.807) is 6.07 Å². The Kier molecular flexibility index (Phi) is 4.95. The minimum absolute atomic E-state index is 0.177. The van der Waals surface area contributed by atoms with Gasteiger partial charge in [-0.1, -0.05) is 23.9 Å². The number of amides is 1. The minimum atomic E-state index is -1.07. The number of nitrogens with one attached hydrogen (secondary N) is 1. The van der Waals surface area contributed by atoms with Crippen molar-refractivity contribution in [2.45, 2.75) is 18.9 Å². The molecule has 136 valence electrons. The Morgan fingerprint density at radius 1 is 1.19 bits per heavy atom. The van der Waals surface area contributed by atoms with Gasteiger partial charge >= 0.3 is 0 Å². The SMILES string of the molecule is CC1(c2ccc(F)c(NC(=O)c3c(F)cccc3F)c2)CCSC(N)=N1. The molecule has 1 amide bonds. The summed E-state index contributed by atoms with van der Waals surface area (Å²) in [5.74, 6) is -3.07. The molecule has 4 nitrogen and oxygen atoms in total. The van der Waals surface area contributed by atoms with Crippen molar-refractivity contribution >= 4 is 28.5 Å². The van der Waals surface area contributed by atoms with Gasteiger partial charge in [0.2, 0.25) is 0 Å². The molecular weight excluding hydrogens is 363 g/mol. The van der Waals surface area contributed by atoms with E-state index in [1.165, 1.54) is 23.9 Å². The number of nitrogens with two attached hydrogens (primary N) is 1. The van der Waals surface area contributed by atoms with E-state index < -0.39 is 34.5 Å². The van der Waals surface area contributed by atoms with Crippen molar-refractivity contribution in [1.82, 2.24) is 0 Å². The van der Waals surface area contributed by atoms with Gasteiger partial charge in [-0.15, -0.1) is 0 Å². The quantitative estimate of drug-likeness (QED) is 0.846. The molecule has 0 radical (unpaired) electrons. The summed E-state index contributed by atoms with van der Waals surface area (Å²) >= 11 is 1.43. The topological polar surface area (TPSA) is 67.5 Å². The first kappa shape index (κ1) is 18.3. The van der Waals surface area contributed by atoms with Crippen LogP contribution < -0.4 is 11.1 Å². The van der Waals surface area contributed by atoms with E-state index in [1.807, 2.05) is 6.92 Å². The maximum absolute atomic E-state index is 14.1. The Labute approximate surface area is 152 Å². The van der Waals surface area contributed by atoms with Crippen LogP contribution in [0.3, 0.4) is 0 Å². The molecule has 1 unspecified atom stereocenters. The molecule has 1 aliphatic rings. The number of aliphatic imine (C=N–C) groups is 1. The van der Waals surface area contributed by atoms with E-state index in [4.69, 9.17) is 5.73 Å². The summed E-state index contributed by atoms with van der Waals surface area (Å²) in [5, 5.41) is 2.67. The molecule has 3 N–H and O–H groups in total. The predicted octanol–water partition coefficient (Wildman–Crippen LogP) is 4.02. The van der Waals surface area contributed by atoms with Crippen LogP contribution in [0.15, 0.2) is 41.4 Å². The molecule has 0 fully saturated rings. The van der Waals surface area contributed by atoms with Gasteiger partial charge in [-0.05, 0) is 43.2 Å². The van der Waals surface area contributed by atoms with Crippen molar-refractivity contribution in [2.24, 2.45) is 10.7 Å². The third kappa shape index (κ3) is 3.55. The van der Waals surface area contributed by atoms with Crippen LogP contribution in [-0.2, 0) is 5.54 Å². The Morgan fingerprint density at radius 3 is 2.54 bits per heavy atom. The molecule has 0 spiro atoms. The van der Waals surface area contributed by atoms with Gasteiger partial charge in [0.15, 0.2) is 5.17 Å². The number of rotatable bonds is 3. The average Bonchev–Trinajstić information content (AvgIpc) is 2.56. The molecule has 8 heteroatoms. The molecule has 1 heterocycles. The fraction of sp³-hybridized carbons (Fsp3) is 0.222. The van der Waals surface area contributed by atoms with Gasteiger partial charge in [0.25, 0.3) is 5.91 Å². The number of anilines is 1. The van der Waals surface area contributed by atoms with Crippen LogP contribution in [0.25, 0.3) is 0 Å². The highest BCUT2D eigenvalue weighted by Gasteiger charge is 2.30. The van der Waals surface area contributed by atoms with Crippen molar-refractivity contribution in [3.8, 4) is 0 Å². The fourth-order valence-corrected chi connectivity index (χ4v) is 3.72. The number of carbonyl (C=O) groups is 1. The molecule has 0 saturated heterocycles. The first-order valence-corrected chi connectivity index (χ1v) is 8.82. The number of thioether (sulfide) groups is 1. The van der Waals surface area contributed by atoms with E-state index in [0.29, 0.717) is 17.2 Å². The summed E-state index contributed by atoms with van der Waals surface area (Å²) in [4.78, 5) is 16.6. The molecule has 0 saturated carbocycles. The van der Waals surface area contributed by atoms with E-state index in [0.717, 1.165) is 24.0 Å². The van der Waals surface area contributed by atoms with Crippen molar-refractivity contribution in [3.05, 3.63) is 65.0 Å². The summed E-state index contributed by atoms with van der Waals surface area (Å²) in [6.45, 7) is 1.86. The second-order valence-corrected chi connectivity index (χ2v) is 7.18. The summed E-state index contributed by atoms with van der Waals surface area (Å²) < 4.78 is 41.6. The second-order valence-electron chi connectivity index (χ2n) is 6.07. The Balaban J connectivity index is 1.94. The number of carbonyl (C=O) groups excluding carboxylic acids is 1. The zero-order chi connectivity index (χ0) is 18.9. The molecule has 0 bridgehead atoms. The van der Waals surface area contributed by atoms with Crippen LogP contribution in [0.4, 0.5) is 18.9 Å². The molecular formula is C18H16F3N3OS. The summed E-state index contributed by atoms with van der Waals surface area (Å²) in [6, 6.07) is 7.22. The molecule has 1 aliphatic heterocycles. The largest absolute Gasteiger partial charge is 0.379 e. The molecule has 26 heavy (non-hydrogen) atoms. The molecule has 0 aliphatic carbocycles. The highest BCUT2D eigenvalue weighted by Crippen LogP contribution is 2.36. The van der Waals surface area contributed by atoms with Crippen LogP contribution in [-0.4, -0.2) is 16.8 Å². The summed E-state index contributed by atoms with van der Waals surface area (Å²) in [6.07, 6.45) is 0.680. The van der Waals surface area contributed by atoms with Gasteiger partial charge in [-0.25, -0.2) is 13.2 Å². The smallest absolute Gasteiger partial charge is 0.261 e. The Hall–Kier alpha value is -2.48. The van der Waals surface area contributed by atoms with E-state index in [2.05, 4.69) is 10.3 Å². The highest BCUT2D eigenvalue weighted by atomic mass is 32.2. The number of nitrogens with zero attached hydrogens (tertiary/aromatic N) is 1. The zero-order valence-corrected chi connectivity index (χ0v) is 14.7. The zero-order valence-electron chi connectivity index (χ0n) is 13.9. The van der Waals surface area contributed by atoms with E-state index >= 15 is 0 Å². The van der Waals surface area contributed by atoms with Crippen molar-refractivity contribution in [3.63, 3.8) is 0 Å². The lowest BCUT2D eigenvalue weighted by atomic mass is 9.89. The Morgan fingerprint density at radius 2 is 1.88 bits per heavy atom.